The van der Waals surface area contributed by atoms with Gasteiger partial charge in [-0.15, -0.1) is 6.58 Å². The minimum Gasteiger partial charge on any atom is -0.103 e. The maximum atomic E-state index is 3.83. The van der Waals surface area contributed by atoms with E-state index in [9.17, 15) is 0 Å². The lowest BCUT2D eigenvalue weighted by Crippen LogP contribution is -1.88. The third kappa shape index (κ3) is 13.5. The summed E-state index contributed by atoms with van der Waals surface area (Å²) in [6, 6.07) is 0. The van der Waals surface area contributed by atoms with Crippen molar-refractivity contribution in [3.05, 3.63) is 24.8 Å². The zero-order chi connectivity index (χ0) is 13.5. The molecular weight excluding hydrogens is 216 g/mol. The van der Waals surface area contributed by atoms with Crippen molar-refractivity contribution in [3.8, 4) is 0 Å². The van der Waals surface area contributed by atoms with Crippen LogP contribution >= 0.6 is 0 Å². The number of rotatable bonds is 13. The van der Waals surface area contributed by atoms with Crippen molar-refractivity contribution in [1.29, 1.82) is 0 Å². The topological polar surface area (TPSA) is 0 Å². The van der Waals surface area contributed by atoms with Gasteiger partial charge in [-0.1, -0.05) is 70.6 Å². The van der Waals surface area contributed by atoms with E-state index in [1.54, 1.807) is 0 Å². The van der Waals surface area contributed by atoms with E-state index >= 15 is 0 Å². The van der Waals surface area contributed by atoms with Gasteiger partial charge in [0, 0.05) is 0 Å². The van der Waals surface area contributed by atoms with Gasteiger partial charge < -0.3 is 0 Å². The highest BCUT2D eigenvalue weighted by Gasteiger charge is 1.95. The van der Waals surface area contributed by atoms with Crippen molar-refractivity contribution < 1.29 is 0 Å². The van der Waals surface area contributed by atoms with E-state index in [0.29, 0.717) is 5.92 Å². The molecule has 1 atom stereocenters. The van der Waals surface area contributed by atoms with Gasteiger partial charge in [-0.25, -0.2) is 0 Å². The van der Waals surface area contributed by atoms with E-state index in [1.807, 2.05) is 0 Å². The Bertz CT molecular complexity index is 190. The molecule has 1 unspecified atom stereocenters. The third-order valence-corrected chi connectivity index (χ3v) is 3.57. The number of unbranched alkanes of at least 4 members (excludes halogenated alkanes) is 8. The maximum Gasteiger partial charge on any atom is -0.0265 e. The molecular formula is C18H34. The lowest BCUT2D eigenvalue weighted by atomic mass is 10.0. The van der Waals surface area contributed by atoms with Gasteiger partial charge >= 0.3 is 0 Å². The maximum absolute atomic E-state index is 3.83. The van der Waals surface area contributed by atoms with Crippen LogP contribution in [0.3, 0.4) is 0 Å². The van der Waals surface area contributed by atoms with Crippen LogP contribution in [0, 0.1) is 5.92 Å². The predicted molar refractivity (Wildman–Crippen MR) is 85.0 cm³/mol. The summed E-state index contributed by atoms with van der Waals surface area (Å²) in [6.07, 6.45) is 21.8. The van der Waals surface area contributed by atoms with Gasteiger partial charge in [-0.2, -0.15) is 0 Å². The quantitative estimate of drug-likeness (QED) is 0.253. The monoisotopic (exact) mass is 250 g/mol. The van der Waals surface area contributed by atoms with Gasteiger partial charge in [0.05, 0.1) is 0 Å². The van der Waals surface area contributed by atoms with Crippen LogP contribution in [0.4, 0.5) is 0 Å². The Hall–Kier alpha value is -0.520. The summed E-state index contributed by atoms with van der Waals surface area (Å²) in [7, 11) is 0. The summed E-state index contributed by atoms with van der Waals surface area (Å²) >= 11 is 0. The number of hydrogen-bond acceptors (Lipinski definition) is 0. The third-order valence-electron chi connectivity index (χ3n) is 3.57. The molecule has 0 rings (SSSR count). The Morgan fingerprint density at radius 1 is 0.833 bits per heavy atom. The molecule has 0 nitrogen and oxygen atoms in total. The fourth-order valence-corrected chi connectivity index (χ4v) is 2.12. The number of allylic oxidation sites excluding steroid dienone is 3. The average Bonchev–Trinajstić information content (AvgIpc) is 2.39. The standard InChI is InChI=1S/C18H34/c1-4-6-7-8-9-10-11-12-13-14-15-16-17-18(3)5-2/h5,10-11,18H,2,4,6-9,12-17H2,1,3H3. The Morgan fingerprint density at radius 2 is 1.39 bits per heavy atom. The predicted octanol–water partition coefficient (Wildman–Crippen LogP) is 6.68. The van der Waals surface area contributed by atoms with E-state index in [4.69, 9.17) is 0 Å². The van der Waals surface area contributed by atoms with Crippen LogP contribution in [-0.4, -0.2) is 0 Å². The van der Waals surface area contributed by atoms with Gasteiger partial charge in [0.15, 0.2) is 0 Å². The SMILES string of the molecule is C=CC(C)CCCCCCC=CCCCCCC. The first-order valence-electron chi connectivity index (χ1n) is 8.08. The summed E-state index contributed by atoms with van der Waals surface area (Å²) in [5, 5.41) is 0. The largest absolute Gasteiger partial charge is 0.103 e. The zero-order valence-electron chi connectivity index (χ0n) is 12.8. The molecule has 0 amide bonds. The molecule has 0 radical (unpaired) electrons. The molecule has 0 aromatic carbocycles. The molecule has 18 heavy (non-hydrogen) atoms. The first kappa shape index (κ1) is 17.5. The fourth-order valence-electron chi connectivity index (χ4n) is 2.12. The van der Waals surface area contributed by atoms with Crippen LogP contribution < -0.4 is 0 Å². The molecule has 0 spiro atoms. The summed E-state index contributed by atoms with van der Waals surface area (Å²) in [5.41, 5.74) is 0. The first-order chi connectivity index (χ1) is 8.81. The van der Waals surface area contributed by atoms with Crippen molar-refractivity contribution >= 4 is 0 Å². The lowest BCUT2D eigenvalue weighted by molar-refractivity contribution is 0.555. The van der Waals surface area contributed by atoms with Crippen molar-refractivity contribution in [1.82, 2.24) is 0 Å². The molecule has 0 fully saturated rings. The molecule has 0 aromatic heterocycles. The van der Waals surface area contributed by atoms with Crippen LogP contribution in [-0.2, 0) is 0 Å². The van der Waals surface area contributed by atoms with Gasteiger partial charge in [-0.05, 0) is 38.0 Å². The van der Waals surface area contributed by atoms with Crippen LogP contribution in [0.5, 0.6) is 0 Å². The van der Waals surface area contributed by atoms with Crippen LogP contribution in [0.15, 0.2) is 24.8 Å². The average molecular weight is 250 g/mol. The smallest absolute Gasteiger partial charge is 0.0265 e. The van der Waals surface area contributed by atoms with Crippen LogP contribution in [0.1, 0.15) is 84.5 Å². The summed E-state index contributed by atoms with van der Waals surface area (Å²) in [5.74, 6) is 0.702. The van der Waals surface area contributed by atoms with E-state index < -0.39 is 0 Å². The van der Waals surface area contributed by atoms with Crippen LogP contribution in [0.2, 0.25) is 0 Å². The van der Waals surface area contributed by atoms with Gasteiger partial charge in [0.1, 0.15) is 0 Å². The normalized spacial score (nSPS) is 13.0. The Kier molecular flexibility index (Phi) is 14.1. The molecule has 0 saturated heterocycles. The highest BCUT2D eigenvalue weighted by Crippen LogP contribution is 2.12. The van der Waals surface area contributed by atoms with E-state index in [0.717, 1.165) is 0 Å². The second kappa shape index (κ2) is 14.5. The van der Waals surface area contributed by atoms with E-state index in [2.05, 4.69) is 38.7 Å². The van der Waals surface area contributed by atoms with Gasteiger partial charge in [0.2, 0.25) is 0 Å². The zero-order valence-corrected chi connectivity index (χ0v) is 12.8. The molecule has 0 heterocycles. The minimum absolute atomic E-state index is 0.702. The highest BCUT2D eigenvalue weighted by atomic mass is 14.0. The Balaban J connectivity index is 3.10. The summed E-state index contributed by atoms with van der Waals surface area (Å²) in [6.45, 7) is 8.35. The molecule has 0 aliphatic carbocycles. The molecule has 106 valence electrons. The molecule has 0 heteroatoms. The second-order valence-electron chi connectivity index (χ2n) is 5.53. The highest BCUT2D eigenvalue weighted by molar-refractivity contribution is 4.81. The lowest BCUT2D eigenvalue weighted by Gasteiger charge is -2.04. The van der Waals surface area contributed by atoms with Crippen molar-refractivity contribution in [2.24, 2.45) is 5.92 Å². The molecule has 0 bridgehead atoms. The Labute approximate surface area is 116 Å². The summed E-state index contributed by atoms with van der Waals surface area (Å²) < 4.78 is 0. The second-order valence-corrected chi connectivity index (χ2v) is 5.53. The van der Waals surface area contributed by atoms with Crippen LogP contribution in [0.25, 0.3) is 0 Å². The van der Waals surface area contributed by atoms with E-state index in [1.165, 1.54) is 70.6 Å². The molecule has 0 saturated carbocycles. The minimum atomic E-state index is 0.702. The van der Waals surface area contributed by atoms with Crippen molar-refractivity contribution in [2.75, 3.05) is 0 Å². The van der Waals surface area contributed by atoms with E-state index in [-0.39, 0.29) is 0 Å². The van der Waals surface area contributed by atoms with Gasteiger partial charge in [0.25, 0.3) is 0 Å². The van der Waals surface area contributed by atoms with Crippen molar-refractivity contribution in [2.45, 2.75) is 84.5 Å². The molecule has 0 N–H and O–H groups in total. The van der Waals surface area contributed by atoms with Crippen molar-refractivity contribution in [3.63, 3.8) is 0 Å². The molecule has 0 aliphatic rings. The van der Waals surface area contributed by atoms with Gasteiger partial charge in [-0.3, -0.25) is 0 Å². The molecule has 0 aliphatic heterocycles. The first-order valence-corrected chi connectivity index (χ1v) is 8.08. The fraction of sp³-hybridized carbons (Fsp3) is 0.778. The Morgan fingerprint density at radius 3 is 1.94 bits per heavy atom. The molecule has 0 aromatic rings. The summed E-state index contributed by atoms with van der Waals surface area (Å²) in [4.78, 5) is 0. The number of hydrogen-bond donors (Lipinski definition) is 0.